The Bertz CT molecular complexity index is 661. The lowest BCUT2D eigenvalue weighted by Gasteiger charge is -2.12. The van der Waals surface area contributed by atoms with E-state index in [2.05, 4.69) is 0 Å². The quantitative estimate of drug-likeness (QED) is 0.767. The number of para-hydroxylation sites is 1. The lowest BCUT2D eigenvalue weighted by atomic mass is 10.1. The van der Waals surface area contributed by atoms with Crippen LogP contribution in [-0.4, -0.2) is 18.3 Å². The van der Waals surface area contributed by atoms with E-state index >= 15 is 0 Å². The second-order valence-corrected chi connectivity index (χ2v) is 4.97. The maximum absolute atomic E-state index is 11.8. The summed E-state index contributed by atoms with van der Waals surface area (Å²) >= 11 is 0. The highest BCUT2D eigenvalue weighted by Gasteiger charge is 2.07. The van der Waals surface area contributed by atoms with Crippen LogP contribution in [0.25, 0.3) is 0 Å². The van der Waals surface area contributed by atoms with Gasteiger partial charge in [0.05, 0.1) is 19.4 Å². The summed E-state index contributed by atoms with van der Waals surface area (Å²) < 4.78 is 12.9. The van der Waals surface area contributed by atoms with Crippen LogP contribution in [0.5, 0.6) is 11.5 Å². The molecule has 1 aromatic carbocycles. The predicted octanol–water partition coefficient (Wildman–Crippen LogP) is 2.71. The van der Waals surface area contributed by atoms with E-state index in [1.165, 1.54) is 6.07 Å². The third kappa shape index (κ3) is 3.66. The fraction of sp³-hybridized carbons (Fsp3) is 0.353. The lowest BCUT2D eigenvalue weighted by molar-refractivity contribution is 0.302. The number of aromatic nitrogens is 1. The largest absolute Gasteiger partial charge is 0.496 e. The van der Waals surface area contributed by atoms with Crippen molar-refractivity contribution in [2.24, 2.45) is 7.05 Å². The Kier molecular flexibility index (Phi) is 5.04. The molecule has 4 heteroatoms. The van der Waals surface area contributed by atoms with Gasteiger partial charge in [-0.15, -0.1) is 0 Å². The molecule has 21 heavy (non-hydrogen) atoms. The molecule has 1 aromatic heterocycles. The summed E-state index contributed by atoms with van der Waals surface area (Å²) in [5.74, 6) is 1.34. The second kappa shape index (κ2) is 6.97. The first-order chi connectivity index (χ1) is 10.1. The number of methoxy groups -OCH3 is 1. The van der Waals surface area contributed by atoms with Crippen molar-refractivity contribution in [1.29, 1.82) is 0 Å². The van der Waals surface area contributed by atoms with Gasteiger partial charge < -0.3 is 14.0 Å². The van der Waals surface area contributed by atoms with Crippen LogP contribution >= 0.6 is 0 Å². The van der Waals surface area contributed by atoms with Crippen molar-refractivity contribution in [3.05, 3.63) is 58.0 Å². The molecule has 0 saturated heterocycles. The summed E-state index contributed by atoms with van der Waals surface area (Å²) in [4.78, 5) is 11.8. The van der Waals surface area contributed by atoms with Gasteiger partial charge in [0, 0.05) is 19.3 Å². The SMILES string of the molecule is COc1ccccc1CCCOc1c(C)n(C)ccc1=O. The van der Waals surface area contributed by atoms with Gasteiger partial charge in [-0.25, -0.2) is 0 Å². The zero-order valence-electron chi connectivity index (χ0n) is 12.8. The molecule has 0 unspecified atom stereocenters. The molecule has 112 valence electrons. The minimum absolute atomic E-state index is 0.0668. The van der Waals surface area contributed by atoms with Gasteiger partial charge in [0.25, 0.3) is 0 Å². The van der Waals surface area contributed by atoms with Gasteiger partial charge in [0.2, 0.25) is 5.43 Å². The van der Waals surface area contributed by atoms with Crippen molar-refractivity contribution < 1.29 is 9.47 Å². The van der Waals surface area contributed by atoms with Crippen LogP contribution in [0.15, 0.2) is 41.3 Å². The minimum atomic E-state index is -0.0668. The zero-order valence-corrected chi connectivity index (χ0v) is 12.8. The van der Waals surface area contributed by atoms with Crippen molar-refractivity contribution in [3.8, 4) is 11.5 Å². The summed E-state index contributed by atoms with van der Waals surface area (Å²) in [5, 5.41) is 0. The molecule has 0 N–H and O–H groups in total. The van der Waals surface area contributed by atoms with E-state index in [1.54, 1.807) is 13.3 Å². The fourth-order valence-corrected chi connectivity index (χ4v) is 2.23. The van der Waals surface area contributed by atoms with Crippen LogP contribution in [-0.2, 0) is 13.5 Å². The molecule has 0 saturated carbocycles. The van der Waals surface area contributed by atoms with E-state index in [0.29, 0.717) is 12.4 Å². The number of ether oxygens (including phenoxy) is 2. The Balaban J connectivity index is 1.94. The maximum Gasteiger partial charge on any atom is 0.223 e. The first-order valence-electron chi connectivity index (χ1n) is 7.04. The molecule has 0 spiro atoms. The van der Waals surface area contributed by atoms with Crippen molar-refractivity contribution in [1.82, 2.24) is 4.57 Å². The molecule has 4 nitrogen and oxygen atoms in total. The highest BCUT2D eigenvalue weighted by Crippen LogP contribution is 2.19. The number of hydrogen-bond acceptors (Lipinski definition) is 3. The van der Waals surface area contributed by atoms with Gasteiger partial charge >= 0.3 is 0 Å². The highest BCUT2D eigenvalue weighted by atomic mass is 16.5. The molecule has 0 atom stereocenters. The van der Waals surface area contributed by atoms with Crippen LogP contribution in [0.1, 0.15) is 17.7 Å². The Labute approximate surface area is 124 Å². The molecule has 2 aromatic rings. The molecule has 0 radical (unpaired) electrons. The third-order valence-electron chi connectivity index (χ3n) is 3.56. The molecular weight excluding hydrogens is 266 g/mol. The van der Waals surface area contributed by atoms with Crippen LogP contribution < -0.4 is 14.9 Å². The third-order valence-corrected chi connectivity index (χ3v) is 3.56. The average Bonchev–Trinajstić information content (AvgIpc) is 2.50. The number of benzene rings is 1. The number of rotatable bonds is 6. The topological polar surface area (TPSA) is 40.5 Å². The van der Waals surface area contributed by atoms with Crippen LogP contribution in [0.4, 0.5) is 0 Å². The molecule has 0 fully saturated rings. The van der Waals surface area contributed by atoms with Gasteiger partial charge in [-0.3, -0.25) is 4.79 Å². The van der Waals surface area contributed by atoms with Crippen molar-refractivity contribution in [2.75, 3.05) is 13.7 Å². The Morgan fingerprint density at radius 2 is 1.95 bits per heavy atom. The molecule has 0 bridgehead atoms. The normalized spacial score (nSPS) is 10.4. The maximum atomic E-state index is 11.8. The molecule has 1 heterocycles. The van der Waals surface area contributed by atoms with Crippen molar-refractivity contribution in [2.45, 2.75) is 19.8 Å². The summed E-state index contributed by atoms with van der Waals surface area (Å²) in [7, 11) is 3.57. The second-order valence-electron chi connectivity index (χ2n) is 4.97. The Morgan fingerprint density at radius 3 is 2.71 bits per heavy atom. The van der Waals surface area contributed by atoms with Crippen molar-refractivity contribution >= 4 is 0 Å². The lowest BCUT2D eigenvalue weighted by Crippen LogP contribution is -2.14. The minimum Gasteiger partial charge on any atom is -0.496 e. The number of nitrogens with zero attached hydrogens (tertiary/aromatic N) is 1. The Morgan fingerprint density at radius 1 is 1.19 bits per heavy atom. The van der Waals surface area contributed by atoms with E-state index in [0.717, 1.165) is 29.8 Å². The van der Waals surface area contributed by atoms with E-state index in [-0.39, 0.29) is 5.43 Å². The van der Waals surface area contributed by atoms with Crippen LogP contribution in [0.3, 0.4) is 0 Å². The summed E-state index contributed by atoms with van der Waals surface area (Å²) in [6.07, 6.45) is 3.44. The molecular formula is C17H21NO3. The van der Waals surface area contributed by atoms with Gasteiger partial charge in [-0.2, -0.15) is 0 Å². The Hall–Kier alpha value is -2.23. The van der Waals surface area contributed by atoms with E-state index < -0.39 is 0 Å². The molecule has 0 aliphatic carbocycles. The number of hydrogen-bond donors (Lipinski definition) is 0. The average molecular weight is 287 g/mol. The fourth-order valence-electron chi connectivity index (χ4n) is 2.23. The summed E-state index contributed by atoms with van der Waals surface area (Å²) in [6.45, 7) is 2.40. The first kappa shape index (κ1) is 15.2. The van der Waals surface area contributed by atoms with E-state index in [9.17, 15) is 4.79 Å². The van der Waals surface area contributed by atoms with E-state index in [4.69, 9.17) is 9.47 Å². The van der Waals surface area contributed by atoms with Gasteiger partial charge in [0.1, 0.15) is 5.75 Å². The standard InChI is InChI=1S/C17H21NO3/c1-13-17(15(19)10-11-18(13)2)21-12-6-8-14-7-4-5-9-16(14)20-3/h4-5,7,9-11H,6,8,12H2,1-3H3. The predicted molar refractivity (Wildman–Crippen MR) is 83.2 cm³/mol. The first-order valence-corrected chi connectivity index (χ1v) is 7.04. The van der Waals surface area contributed by atoms with Crippen LogP contribution in [0, 0.1) is 6.92 Å². The molecule has 2 rings (SSSR count). The molecule has 0 aliphatic heterocycles. The summed E-state index contributed by atoms with van der Waals surface area (Å²) in [6, 6.07) is 9.48. The summed E-state index contributed by atoms with van der Waals surface area (Å²) in [5.41, 5.74) is 1.93. The van der Waals surface area contributed by atoms with Crippen LogP contribution in [0.2, 0.25) is 0 Å². The van der Waals surface area contributed by atoms with Gasteiger partial charge in [0.15, 0.2) is 5.75 Å². The zero-order chi connectivity index (χ0) is 15.2. The molecule has 0 aliphatic rings. The van der Waals surface area contributed by atoms with Gasteiger partial charge in [-0.1, -0.05) is 18.2 Å². The highest BCUT2D eigenvalue weighted by molar-refractivity contribution is 5.33. The number of pyridine rings is 1. The van der Waals surface area contributed by atoms with Crippen molar-refractivity contribution in [3.63, 3.8) is 0 Å². The van der Waals surface area contributed by atoms with E-state index in [1.807, 2.05) is 42.8 Å². The monoisotopic (exact) mass is 287 g/mol. The number of aryl methyl sites for hydroxylation is 2. The molecule has 0 amide bonds. The van der Waals surface area contributed by atoms with Gasteiger partial charge in [-0.05, 0) is 31.4 Å². The smallest absolute Gasteiger partial charge is 0.223 e.